The highest BCUT2D eigenvalue weighted by atomic mass is 16.6. The van der Waals surface area contributed by atoms with E-state index >= 15 is 0 Å². The van der Waals surface area contributed by atoms with Crippen LogP contribution in [0, 0.1) is 10.1 Å². The molecule has 2 heterocycles. The van der Waals surface area contributed by atoms with Crippen molar-refractivity contribution in [3.63, 3.8) is 0 Å². The SMILES string of the molecule is O=C1c2cccc3c(N4CCOCC4)ccc(c23)C(=O)N1N=Cc1cccc([N+](=O)[O-])c1. The van der Waals surface area contributed by atoms with E-state index in [1.54, 1.807) is 24.3 Å². The Morgan fingerprint density at radius 2 is 1.69 bits per heavy atom. The molecular weight excluding hydrogens is 412 g/mol. The summed E-state index contributed by atoms with van der Waals surface area (Å²) in [6.45, 7) is 2.72. The summed E-state index contributed by atoms with van der Waals surface area (Å²) in [5, 5.41) is 17.3. The highest BCUT2D eigenvalue weighted by molar-refractivity contribution is 6.26. The lowest BCUT2D eigenvalue weighted by Crippen LogP contribution is -2.38. The van der Waals surface area contributed by atoms with Crippen molar-refractivity contribution in [2.45, 2.75) is 0 Å². The Kier molecular flexibility index (Phi) is 4.87. The second kappa shape index (κ2) is 7.86. The molecule has 2 aliphatic heterocycles. The molecule has 32 heavy (non-hydrogen) atoms. The summed E-state index contributed by atoms with van der Waals surface area (Å²) in [5.41, 5.74) is 2.05. The van der Waals surface area contributed by atoms with Crippen molar-refractivity contribution in [3.05, 3.63) is 81.4 Å². The number of morpholine rings is 1. The van der Waals surface area contributed by atoms with Crippen molar-refractivity contribution in [1.82, 2.24) is 5.01 Å². The van der Waals surface area contributed by atoms with Crippen molar-refractivity contribution in [3.8, 4) is 0 Å². The quantitative estimate of drug-likeness (QED) is 0.272. The zero-order valence-corrected chi connectivity index (χ0v) is 16.9. The van der Waals surface area contributed by atoms with Crippen molar-refractivity contribution < 1.29 is 19.2 Å². The average Bonchev–Trinajstić information content (AvgIpc) is 2.83. The summed E-state index contributed by atoms with van der Waals surface area (Å²) in [5.74, 6) is -1.07. The van der Waals surface area contributed by atoms with Crippen LogP contribution >= 0.6 is 0 Å². The average molecular weight is 430 g/mol. The molecule has 9 nitrogen and oxygen atoms in total. The third kappa shape index (κ3) is 3.28. The number of nitro benzene ring substituents is 1. The number of anilines is 1. The normalized spacial score (nSPS) is 16.2. The van der Waals surface area contributed by atoms with Crippen molar-refractivity contribution in [2.75, 3.05) is 31.2 Å². The maximum Gasteiger partial charge on any atom is 0.282 e. The van der Waals surface area contributed by atoms with Crippen molar-refractivity contribution in [1.29, 1.82) is 0 Å². The van der Waals surface area contributed by atoms with Crippen LogP contribution in [0.5, 0.6) is 0 Å². The highest BCUT2D eigenvalue weighted by Crippen LogP contribution is 2.36. The first-order valence-electron chi connectivity index (χ1n) is 10.1. The van der Waals surface area contributed by atoms with Gasteiger partial charge < -0.3 is 9.64 Å². The summed E-state index contributed by atoms with van der Waals surface area (Å²) in [6.07, 6.45) is 1.27. The van der Waals surface area contributed by atoms with E-state index in [9.17, 15) is 19.7 Å². The van der Waals surface area contributed by atoms with Crippen LogP contribution in [0.1, 0.15) is 26.3 Å². The lowest BCUT2D eigenvalue weighted by molar-refractivity contribution is -0.384. The minimum absolute atomic E-state index is 0.101. The molecule has 0 spiro atoms. The predicted molar refractivity (Wildman–Crippen MR) is 118 cm³/mol. The standard InChI is InChI=1S/C23H18N4O5/c28-22-18-6-2-5-17-20(25-9-11-32-12-10-25)8-7-19(21(17)18)23(29)26(22)24-14-15-3-1-4-16(13-15)27(30)31/h1-8,13-14H,9-12H2. The fraction of sp³-hybridized carbons (Fsp3) is 0.174. The lowest BCUT2D eigenvalue weighted by Gasteiger charge is -2.31. The third-order valence-electron chi connectivity index (χ3n) is 5.62. The maximum atomic E-state index is 13.1. The molecule has 0 aromatic heterocycles. The van der Waals surface area contributed by atoms with Crippen LogP contribution in [-0.4, -0.2) is 54.3 Å². The Labute approximate surface area is 182 Å². The van der Waals surface area contributed by atoms with Gasteiger partial charge in [0.2, 0.25) is 0 Å². The minimum Gasteiger partial charge on any atom is -0.378 e. The molecular formula is C23H18N4O5. The van der Waals surface area contributed by atoms with Crippen LogP contribution in [-0.2, 0) is 4.74 Å². The highest BCUT2D eigenvalue weighted by Gasteiger charge is 2.34. The number of hydrogen-bond acceptors (Lipinski definition) is 7. The first-order valence-corrected chi connectivity index (χ1v) is 10.1. The van der Waals surface area contributed by atoms with E-state index in [4.69, 9.17) is 4.74 Å². The molecule has 0 bridgehead atoms. The fourth-order valence-corrected chi connectivity index (χ4v) is 4.10. The molecule has 1 saturated heterocycles. The topological polar surface area (TPSA) is 105 Å². The van der Waals surface area contributed by atoms with Gasteiger partial charge in [-0.05, 0) is 18.2 Å². The monoisotopic (exact) mass is 430 g/mol. The van der Waals surface area contributed by atoms with Gasteiger partial charge in [0.25, 0.3) is 17.5 Å². The number of nitro groups is 1. The van der Waals surface area contributed by atoms with E-state index in [0.717, 1.165) is 29.2 Å². The van der Waals surface area contributed by atoms with Gasteiger partial charge in [-0.25, -0.2) is 0 Å². The number of imide groups is 1. The lowest BCUT2D eigenvalue weighted by atomic mass is 9.93. The minimum atomic E-state index is -0.533. The van der Waals surface area contributed by atoms with Gasteiger partial charge in [0.1, 0.15) is 0 Å². The van der Waals surface area contributed by atoms with E-state index < -0.39 is 16.7 Å². The Hall–Kier alpha value is -4.11. The zero-order chi connectivity index (χ0) is 22.2. The van der Waals surface area contributed by atoms with Gasteiger partial charge in [0, 0.05) is 47.2 Å². The van der Waals surface area contributed by atoms with Crippen molar-refractivity contribution >= 4 is 40.2 Å². The third-order valence-corrected chi connectivity index (χ3v) is 5.62. The smallest absolute Gasteiger partial charge is 0.282 e. The van der Waals surface area contributed by atoms with Gasteiger partial charge in [-0.2, -0.15) is 10.1 Å². The number of rotatable bonds is 4. The molecule has 2 amide bonds. The first kappa shape index (κ1) is 19.8. The van der Waals surface area contributed by atoms with E-state index in [0.29, 0.717) is 35.3 Å². The maximum absolute atomic E-state index is 13.1. The Morgan fingerprint density at radius 1 is 0.969 bits per heavy atom. The molecule has 0 N–H and O–H groups in total. The van der Waals surface area contributed by atoms with Gasteiger partial charge >= 0.3 is 0 Å². The molecule has 5 rings (SSSR count). The number of non-ortho nitro benzene ring substituents is 1. The van der Waals surface area contributed by atoms with Crippen LogP contribution in [0.15, 0.2) is 59.7 Å². The number of hydrogen-bond donors (Lipinski definition) is 0. The van der Waals surface area contributed by atoms with Crippen LogP contribution in [0.4, 0.5) is 11.4 Å². The van der Waals surface area contributed by atoms with Gasteiger partial charge in [0.05, 0.1) is 35.5 Å². The summed E-state index contributed by atoms with van der Waals surface area (Å²) in [7, 11) is 0. The van der Waals surface area contributed by atoms with Crippen LogP contribution in [0.25, 0.3) is 10.8 Å². The van der Waals surface area contributed by atoms with E-state index in [1.165, 1.54) is 24.4 Å². The molecule has 0 radical (unpaired) electrons. The summed E-state index contributed by atoms with van der Waals surface area (Å²) in [4.78, 5) is 38.9. The number of carbonyl (C=O) groups excluding carboxylic acids is 2. The Morgan fingerprint density at radius 3 is 2.44 bits per heavy atom. The largest absolute Gasteiger partial charge is 0.378 e. The predicted octanol–water partition coefficient (Wildman–Crippen LogP) is 3.21. The Bertz CT molecular complexity index is 1270. The number of amides is 2. The van der Waals surface area contributed by atoms with Gasteiger partial charge in [-0.3, -0.25) is 19.7 Å². The van der Waals surface area contributed by atoms with Gasteiger partial charge in [-0.15, -0.1) is 0 Å². The molecule has 0 atom stereocenters. The Balaban J connectivity index is 1.54. The number of hydrazone groups is 1. The molecule has 3 aromatic rings. The summed E-state index contributed by atoms with van der Waals surface area (Å²) >= 11 is 0. The van der Waals surface area contributed by atoms with Crippen LogP contribution in [0.2, 0.25) is 0 Å². The number of ether oxygens (including phenoxy) is 1. The fourth-order valence-electron chi connectivity index (χ4n) is 4.10. The molecule has 2 aliphatic rings. The second-order valence-electron chi connectivity index (χ2n) is 7.48. The van der Waals surface area contributed by atoms with E-state index in [1.807, 2.05) is 12.1 Å². The second-order valence-corrected chi connectivity index (χ2v) is 7.48. The van der Waals surface area contributed by atoms with Crippen LogP contribution < -0.4 is 4.90 Å². The molecule has 0 saturated carbocycles. The molecule has 0 unspecified atom stereocenters. The zero-order valence-electron chi connectivity index (χ0n) is 16.9. The summed E-state index contributed by atoms with van der Waals surface area (Å²) < 4.78 is 5.44. The first-order chi connectivity index (χ1) is 15.5. The van der Waals surface area contributed by atoms with Crippen molar-refractivity contribution in [2.24, 2.45) is 5.10 Å². The molecule has 160 valence electrons. The van der Waals surface area contributed by atoms with Gasteiger partial charge in [0.15, 0.2) is 0 Å². The van der Waals surface area contributed by atoms with Gasteiger partial charge in [-0.1, -0.05) is 24.3 Å². The van der Waals surface area contributed by atoms with E-state index in [-0.39, 0.29) is 5.69 Å². The molecule has 9 heteroatoms. The van der Waals surface area contributed by atoms with E-state index in [2.05, 4.69) is 10.0 Å². The molecule has 0 aliphatic carbocycles. The number of nitrogens with zero attached hydrogens (tertiary/aromatic N) is 4. The molecule has 1 fully saturated rings. The van der Waals surface area contributed by atoms with Crippen LogP contribution in [0.3, 0.4) is 0 Å². The number of carbonyl (C=O) groups is 2. The summed E-state index contributed by atoms with van der Waals surface area (Å²) in [6, 6.07) is 14.8. The molecule has 3 aromatic carbocycles. The number of benzene rings is 3.